The van der Waals surface area contributed by atoms with E-state index in [1.807, 2.05) is 0 Å². The van der Waals surface area contributed by atoms with Crippen LogP contribution in [0.1, 0.15) is 6.92 Å². The Bertz CT molecular complexity index is 625. The van der Waals surface area contributed by atoms with Crippen molar-refractivity contribution in [1.82, 2.24) is 9.78 Å². The van der Waals surface area contributed by atoms with E-state index in [0.29, 0.717) is 10.8 Å². The van der Waals surface area contributed by atoms with Crippen LogP contribution in [0.25, 0.3) is 10.8 Å². The third-order valence-corrected chi connectivity index (χ3v) is 2.33. The Balaban J connectivity index is 2.76. The van der Waals surface area contributed by atoms with Gasteiger partial charge in [-0.2, -0.15) is 0 Å². The summed E-state index contributed by atoms with van der Waals surface area (Å²) in [5.41, 5.74) is -0.619. The van der Waals surface area contributed by atoms with E-state index in [2.05, 4.69) is 5.10 Å². The van der Waals surface area contributed by atoms with Crippen LogP contribution in [0, 0.1) is 0 Å². The van der Waals surface area contributed by atoms with Gasteiger partial charge in [-0.1, -0.05) is 12.1 Å². The molecule has 0 saturated heterocycles. The second-order valence-electron chi connectivity index (χ2n) is 3.75. The van der Waals surface area contributed by atoms with Gasteiger partial charge in [0.2, 0.25) is 0 Å². The minimum absolute atomic E-state index is 0.0822. The van der Waals surface area contributed by atoms with Crippen LogP contribution in [-0.4, -0.2) is 21.0 Å². The van der Waals surface area contributed by atoms with Crippen molar-refractivity contribution in [2.24, 2.45) is 0 Å². The van der Waals surface area contributed by atoms with Gasteiger partial charge >= 0.3 is 0 Å². The van der Waals surface area contributed by atoms with Crippen LogP contribution in [0.5, 0.6) is 0 Å². The number of nitrogens with one attached hydrogen (secondary N) is 1. The maximum atomic E-state index is 11.9. The number of aromatic amines is 1. The summed E-state index contributed by atoms with van der Waals surface area (Å²) in [7, 11) is 0. The van der Waals surface area contributed by atoms with E-state index < -0.39 is 6.10 Å². The minimum atomic E-state index is -0.686. The maximum absolute atomic E-state index is 11.9. The molecule has 1 heterocycles. The predicted octanol–water partition coefficient (Wildman–Crippen LogP) is 0.0706. The molecule has 2 rings (SSSR count). The molecule has 16 heavy (non-hydrogen) atoms. The first-order valence-corrected chi connectivity index (χ1v) is 4.99. The molecular weight excluding hydrogens is 208 g/mol. The third-order valence-electron chi connectivity index (χ3n) is 2.33. The van der Waals surface area contributed by atoms with Crippen LogP contribution >= 0.6 is 0 Å². The molecule has 0 bridgehead atoms. The van der Waals surface area contributed by atoms with Crippen LogP contribution in [0.2, 0.25) is 0 Å². The van der Waals surface area contributed by atoms with Crippen molar-refractivity contribution in [2.75, 3.05) is 0 Å². The van der Waals surface area contributed by atoms with Gasteiger partial charge in [-0.25, -0.2) is 4.68 Å². The standard InChI is InChI=1S/C11H12N2O3/c1-7(14)6-13-11(16)9-5-3-2-4-8(9)10(15)12-13/h2-5,7,14H,6H2,1H3,(H,12,15). The van der Waals surface area contributed by atoms with Crippen LogP contribution in [0.3, 0.4) is 0 Å². The molecule has 0 aliphatic rings. The van der Waals surface area contributed by atoms with Crippen LogP contribution in [0.15, 0.2) is 33.9 Å². The Labute approximate surface area is 90.9 Å². The van der Waals surface area contributed by atoms with Crippen molar-refractivity contribution in [3.63, 3.8) is 0 Å². The molecule has 0 fully saturated rings. The highest BCUT2D eigenvalue weighted by Crippen LogP contribution is 2.02. The molecule has 0 spiro atoms. The normalized spacial score (nSPS) is 12.9. The van der Waals surface area contributed by atoms with Gasteiger partial charge in [0.1, 0.15) is 0 Å². The molecule has 5 nitrogen and oxygen atoms in total. The highest BCUT2D eigenvalue weighted by atomic mass is 16.3. The lowest BCUT2D eigenvalue weighted by atomic mass is 10.2. The highest BCUT2D eigenvalue weighted by Gasteiger charge is 2.07. The Morgan fingerprint density at radius 3 is 2.56 bits per heavy atom. The lowest BCUT2D eigenvalue weighted by molar-refractivity contribution is 0.166. The number of rotatable bonds is 2. The predicted molar refractivity (Wildman–Crippen MR) is 60.5 cm³/mol. The average Bonchev–Trinajstić information content (AvgIpc) is 2.25. The van der Waals surface area contributed by atoms with E-state index in [9.17, 15) is 14.7 Å². The molecule has 1 unspecified atom stereocenters. The van der Waals surface area contributed by atoms with Gasteiger partial charge in [-0.15, -0.1) is 0 Å². The molecular formula is C11H12N2O3. The van der Waals surface area contributed by atoms with E-state index in [1.165, 1.54) is 0 Å². The fourth-order valence-corrected chi connectivity index (χ4v) is 1.64. The molecule has 84 valence electrons. The summed E-state index contributed by atoms with van der Waals surface area (Å²) in [6, 6.07) is 6.61. The van der Waals surface area contributed by atoms with Gasteiger partial charge in [0, 0.05) is 0 Å². The average molecular weight is 220 g/mol. The van der Waals surface area contributed by atoms with Crippen molar-refractivity contribution in [3.05, 3.63) is 45.0 Å². The van der Waals surface area contributed by atoms with Gasteiger partial charge in [0.05, 0.1) is 23.4 Å². The minimum Gasteiger partial charge on any atom is -0.391 e. The van der Waals surface area contributed by atoms with Crippen LogP contribution in [0.4, 0.5) is 0 Å². The fraction of sp³-hybridized carbons (Fsp3) is 0.273. The second-order valence-corrected chi connectivity index (χ2v) is 3.75. The smallest absolute Gasteiger partial charge is 0.273 e. The fourth-order valence-electron chi connectivity index (χ4n) is 1.64. The Morgan fingerprint density at radius 2 is 1.94 bits per heavy atom. The van der Waals surface area contributed by atoms with Gasteiger partial charge in [0.25, 0.3) is 11.1 Å². The number of H-pyrrole nitrogens is 1. The Morgan fingerprint density at radius 1 is 1.31 bits per heavy atom. The summed E-state index contributed by atoms with van der Waals surface area (Å²) in [4.78, 5) is 23.5. The highest BCUT2D eigenvalue weighted by molar-refractivity contribution is 5.80. The summed E-state index contributed by atoms with van der Waals surface area (Å²) >= 11 is 0. The third kappa shape index (κ3) is 1.77. The van der Waals surface area contributed by atoms with Gasteiger partial charge in [-0.3, -0.25) is 14.7 Å². The van der Waals surface area contributed by atoms with Gasteiger partial charge < -0.3 is 5.11 Å². The number of benzene rings is 1. The molecule has 0 saturated carbocycles. The first kappa shape index (κ1) is 10.6. The molecule has 1 atom stereocenters. The molecule has 2 aromatic rings. The number of aromatic nitrogens is 2. The van der Waals surface area contributed by atoms with E-state index >= 15 is 0 Å². The summed E-state index contributed by atoms with van der Waals surface area (Å²) in [5, 5.41) is 12.4. The quantitative estimate of drug-likeness (QED) is 0.752. The monoisotopic (exact) mass is 220 g/mol. The molecule has 1 aromatic heterocycles. The van der Waals surface area contributed by atoms with Gasteiger partial charge in [-0.05, 0) is 19.1 Å². The second kappa shape index (κ2) is 3.94. The number of nitrogens with zero attached hydrogens (tertiary/aromatic N) is 1. The van der Waals surface area contributed by atoms with Crippen LogP contribution < -0.4 is 11.1 Å². The number of hydrogen-bond donors (Lipinski definition) is 2. The Hall–Kier alpha value is -1.88. The van der Waals surface area contributed by atoms with Crippen molar-refractivity contribution < 1.29 is 5.11 Å². The first-order valence-electron chi connectivity index (χ1n) is 4.99. The molecule has 2 N–H and O–H groups in total. The zero-order valence-electron chi connectivity index (χ0n) is 8.80. The summed E-state index contributed by atoms with van der Waals surface area (Å²) in [6.07, 6.45) is -0.686. The molecule has 1 aromatic carbocycles. The molecule has 0 radical (unpaired) electrons. The van der Waals surface area contributed by atoms with E-state index in [0.717, 1.165) is 4.68 Å². The lowest BCUT2D eigenvalue weighted by Crippen LogP contribution is -2.32. The summed E-state index contributed by atoms with van der Waals surface area (Å²) in [6.45, 7) is 1.64. The first-order chi connectivity index (χ1) is 7.59. The number of aliphatic hydroxyl groups is 1. The number of fused-ring (bicyclic) bond motifs is 1. The zero-order valence-corrected chi connectivity index (χ0v) is 8.80. The topological polar surface area (TPSA) is 75.1 Å². The number of aliphatic hydroxyl groups excluding tert-OH is 1. The molecule has 0 aliphatic carbocycles. The maximum Gasteiger partial charge on any atom is 0.273 e. The largest absolute Gasteiger partial charge is 0.391 e. The summed E-state index contributed by atoms with van der Waals surface area (Å²) < 4.78 is 1.13. The van der Waals surface area contributed by atoms with Crippen molar-refractivity contribution in [2.45, 2.75) is 19.6 Å². The van der Waals surface area contributed by atoms with E-state index in [1.54, 1.807) is 31.2 Å². The Kier molecular flexibility index (Phi) is 2.62. The van der Waals surface area contributed by atoms with Crippen molar-refractivity contribution in [1.29, 1.82) is 0 Å². The molecule has 0 amide bonds. The van der Waals surface area contributed by atoms with E-state index in [-0.39, 0.29) is 17.7 Å². The van der Waals surface area contributed by atoms with Crippen molar-refractivity contribution in [3.8, 4) is 0 Å². The SMILES string of the molecule is CC(O)Cn1[nH]c(=O)c2ccccc2c1=O. The van der Waals surface area contributed by atoms with E-state index in [4.69, 9.17) is 0 Å². The number of hydrogen-bond acceptors (Lipinski definition) is 3. The lowest BCUT2D eigenvalue weighted by Gasteiger charge is -2.08. The zero-order chi connectivity index (χ0) is 11.7. The summed E-state index contributed by atoms with van der Waals surface area (Å²) in [5.74, 6) is 0. The van der Waals surface area contributed by atoms with Crippen molar-refractivity contribution >= 4 is 10.8 Å². The van der Waals surface area contributed by atoms with Gasteiger partial charge in [0.15, 0.2) is 0 Å². The molecule has 0 aliphatic heterocycles. The van der Waals surface area contributed by atoms with Crippen LogP contribution in [-0.2, 0) is 6.54 Å². The molecule has 5 heteroatoms.